The van der Waals surface area contributed by atoms with Gasteiger partial charge in [0.25, 0.3) is 0 Å². The number of hydrogen-bond donors (Lipinski definition) is 0. The Balaban J connectivity index is -0.000000113. The Bertz CT molecular complexity index is 1160. The number of rotatable bonds is 4. The van der Waals surface area contributed by atoms with Crippen LogP contribution in [0.5, 0.6) is 0 Å². The van der Waals surface area contributed by atoms with Gasteiger partial charge < -0.3 is 0 Å². The number of benzene rings is 2. The third-order valence-corrected chi connectivity index (χ3v) is 4.65. The molecule has 0 unspecified atom stereocenters. The Morgan fingerprint density at radius 3 is 1.30 bits per heavy atom. The molecule has 0 N–H and O–H groups in total. The van der Waals surface area contributed by atoms with Crippen molar-refractivity contribution in [1.82, 2.24) is 9.97 Å². The number of Topliss-reactive ketones (excluding diaryl/α,β-unsaturated/α-hetero) is 2. The molecule has 0 spiro atoms. The summed E-state index contributed by atoms with van der Waals surface area (Å²) in [5, 5.41) is 0. The monoisotopic (exact) mass is 607 g/mol. The lowest BCUT2D eigenvalue weighted by Gasteiger charge is -2.01. The summed E-state index contributed by atoms with van der Waals surface area (Å²) in [7, 11) is 0. The quantitative estimate of drug-likeness (QED) is 0.217. The van der Waals surface area contributed by atoms with Gasteiger partial charge in [-0.3, -0.25) is 19.6 Å². The SMILES string of the molecule is C.C.C.CC.CC.CC.CC.CC(=O)c1cccc(C)c1.Cc1cccc(C(=O)Cc2ccccn2)c1.Cc1ccccn1. The first-order chi connectivity index (χ1) is 19.8. The molecule has 44 heavy (non-hydrogen) atoms. The van der Waals surface area contributed by atoms with E-state index >= 15 is 0 Å². The van der Waals surface area contributed by atoms with Gasteiger partial charge in [-0.15, -0.1) is 0 Å². The van der Waals surface area contributed by atoms with Crippen LogP contribution in [-0.4, -0.2) is 21.5 Å². The molecule has 4 rings (SSSR count). The fourth-order valence-electron chi connectivity index (χ4n) is 2.90. The van der Waals surface area contributed by atoms with Gasteiger partial charge in [0.15, 0.2) is 11.6 Å². The van der Waals surface area contributed by atoms with E-state index in [2.05, 4.69) is 9.97 Å². The van der Waals surface area contributed by atoms with Gasteiger partial charge in [0, 0.05) is 34.9 Å². The van der Waals surface area contributed by atoms with Crippen LogP contribution in [0.15, 0.2) is 97.3 Å². The zero-order valence-electron chi connectivity index (χ0n) is 27.7. The number of aromatic nitrogens is 2. The van der Waals surface area contributed by atoms with E-state index in [1.807, 2.05) is 161 Å². The summed E-state index contributed by atoms with van der Waals surface area (Å²) < 4.78 is 0. The van der Waals surface area contributed by atoms with E-state index in [9.17, 15) is 9.59 Å². The zero-order valence-corrected chi connectivity index (χ0v) is 27.7. The van der Waals surface area contributed by atoms with Gasteiger partial charge in [0.2, 0.25) is 0 Å². The largest absolute Gasteiger partial charge is 0.295 e. The molecule has 0 aliphatic carbocycles. The van der Waals surface area contributed by atoms with Gasteiger partial charge in [-0.25, -0.2) is 0 Å². The second-order valence-corrected chi connectivity index (χ2v) is 7.69. The normalized spacial score (nSPS) is 7.73. The number of hydrogen-bond acceptors (Lipinski definition) is 4. The van der Waals surface area contributed by atoms with Crippen molar-refractivity contribution in [2.24, 2.45) is 0 Å². The van der Waals surface area contributed by atoms with Gasteiger partial charge in [-0.2, -0.15) is 0 Å². The highest BCUT2D eigenvalue weighted by Crippen LogP contribution is 2.08. The van der Waals surface area contributed by atoms with Crippen LogP contribution in [-0.2, 0) is 6.42 Å². The van der Waals surface area contributed by atoms with E-state index in [1.54, 1.807) is 19.3 Å². The highest BCUT2D eigenvalue weighted by Gasteiger charge is 2.07. The topological polar surface area (TPSA) is 59.9 Å². The number of ketones is 2. The van der Waals surface area contributed by atoms with Crippen molar-refractivity contribution >= 4 is 11.6 Å². The minimum Gasteiger partial charge on any atom is -0.295 e. The van der Waals surface area contributed by atoms with Gasteiger partial charge >= 0.3 is 0 Å². The van der Waals surface area contributed by atoms with E-state index in [1.165, 1.54) is 0 Å². The van der Waals surface area contributed by atoms with Gasteiger partial charge in [0.05, 0.1) is 6.42 Å². The van der Waals surface area contributed by atoms with Crippen LogP contribution in [0.2, 0.25) is 0 Å². The molecule has 0 fully saturated rings. The molecule has 4 nitrogen and oxygen atoms in total. The molecule has 0 saturated carbocycles. The Labute approximate surface area is 273 Å². The molecule has 2 aromatic heterocycles. The van der Waals surface area contributed by atoms with Crippen molar-refractivity contribution in [3.8, 4) is 0 Å². The standard InChI is InChI=1S/C14H13NO.C9H10O.C6H7N.4C2H6.3CH4/c1-11-5-4-6-12(9-11)14(16)10-13-7-2-3-8-15-13;1-7-4-3-5-9(6-7)8(2)10;1-6-4-2-3-5-7-6;4*1-2;;;/h2-9H,10H2,1H3;3-6H,1-2H3;2-5H,1H3;4*1-2H3;3*1H4. The van der Waals surface area contributed by atoms with E-state index < -0.39 is 0 Å². The van der Waals surface area contributed by atoms with E-state index in [-0.39, 0.29) is 33.8 Å². The van der Waals surface area contributed by atoms with Crippen LogP contribution in [0.1, 0.15) is 128 Å². The number of carbonyl (C=O) groups excluding carboxylic acids is 2. The second kappa shape index (κ2) is 37.1. The molecule has 4 aromatic rings. The molecule has 248 valence electrons. The predicted molar refractivity (Wildman–Crippen MR) is 199 cm³/mol. The third-order valence-electron chi connectivity index (χ3n) is 4.65. The molecule has 0 bridgehead atoms. The maximum Gasteiger partial charge on any atom is 0.168 e. The summed E-state index contributed by atoms with van der Waals surface area (Å²) in [5.41, 5.74) is 5.67. The average Bonchev–Trinajstić information content (AvgIpc) is 3.03. The van der Waals surface area contributed by atoms with Crippen molar-refractivity contribution in [3.63, 3.8) is 0 Å². The summed E-state index contributed by atoms with van der Waals surface area (Å²) >= 11 is 0. The van der Waals surface area contributed by atoms with Crippen LogP contribution >= 0.6 is 0 Å². The average molecular weight is 607 g/mol. The maximum absolute atomic E-state index is 11.9. The van der Waals surface area contributed by atoms with Crippen molar-refractivity contribution < 1.29 is 9.59 Å². The highest BCUT2D eigenvalue weighted by molar-refractivity contribution is 5.97. The van der Waals surface area contributed by atoms with E-state index in [0.717, 1.165) is 33.6 Å². The number of carbonyl (C=O) groups is 2. The lowest BCUT2D eigenvalue weighted by Crippen LogP contribution is -2.04. The Hall–Kier alpha value is -3.92. The molecule has 0 aliphatic heterocycles. The zero-order chi connectivity index (χ0) is 32.1. The van der Waals surface area contributed by atoms with Crippen molar-refractivity contribution in [1.29, 1.82) is 0 Å². The van der Waals surface area contributed by atoms with Crippen molar-refractivity contribution in [2.75, 3.05) is 0 Å². The van der Waals surface area contributed by atoms with Crippen LogP contribution < -0.4 is 0 Å². The molecule has 0 radical (unpaired) electrons. The van der Waals surface area contributed by atoms with Crippen LogP contribution in [0.4, 0.5) is 0 Å². The number of pyridine rings is 2. The summed E-state index contributed by atoms with van der Waals surface area (Å²) in [4.78, 5) is 30.8. The van der Waals surface area contributed by atoms with Gasteiger partial charge in [-0.05, 0) is 64.1 Å². The first-order valence-corrected chi connectivity index (χ1v) is 14.8. The summed E-state index contributed by atoms with van der Waals surface area (Å²) in [5.74, 6) is 0.242. The minimum atomic E-state index is 0. The summed E-state index contributed by atoms with van der Waals surface area (Å²) in [6.07, 6.45) is 3.86. The summed E-state index contributed by atoms with van der Waals surface area (Å²) in [6.45, 7) is 23.5. The lowest BCUT2D eigenvalue weighted by atomic mass is 10.0. The Kier molecular flexibility index (Phi) is 44.4. The fourth-order valence-corrected chi connectivity index (χ4v) is 2.90. The van der Waals surface area contributed by atoms with Gasteiger partial charge in [0.1, 0.15) is 0 Å². The molecular weight excluding hydrogens is 540 g/mol. The number of nitrogens with zero attached hydrogens (tertiary/aromatic N) is 2. The van der Waals surface area contributed by atoms with Crippen LogP contribution in [0.25, 0.3) is 0 Å². The van der Waals surface area contributed by atoms with Gasteiger partial charge in [-0.1, -0.05) is 137 Å². The highest BCUT2D eigenvalue weighted by atomic mass is 16.1. The molecule has 2 heterocycles. The van der Waals surface area contributed by atoms with Crippen molar-refractivity contribution in [2.45, 2.75) is 112 Å². The molecule has 0 atom stereocenters. The predicted octanol–water partition coefficient (Wildman–Crippen LogP) is 12.4. The number of aryl methyl sites for hydroxylation is 3. The molecule has 0 saturated heterocycles. The Morgan fingerprint density at radius 1 is 0.545 bits per heavy atom. The second-order valence-electron chi connectivity index (χ2n) is 7.69. The molecular formula is C40H66N2O2. The molecule has 0 amide bonds. The lowest BCUT2D eigenvalue weighted by molar-refractivity contribution is 0.0989. The van der Waals surface area contributed by atoms with Crippen molar-refractivity contribution in [3.05, 3.63) is 131 Å². The maximum atomic E-state index is 11.9. The fraction of sp³-hybridized carbons (Fsp3) is 0.400. The van der Waals surface area contributed by atoms with E-state index in [4.69, 9.17) is 0 Å². The molecule has 2 aromatic carbocycles. The molecule has 0 aliphatic rings. The molecule has 4 heteroatoms. The smallest absolute Gasteiger partial charge is 0.168 e. The summed E-state index contributed by atoms with van der Waals surface area (Å²) in [6, 6.07) is 26.7. The van der Waals surface area contributed by atoms with Crippen LogP contribution in [0.3, 0.4) is 0 Å². The third kappa shape index (κ3) is 26.9. The minimum absolute atomic E-state index is 0. The van der Waals surface area contributed by atoms with E-state index in [0.29, 0.717) is 6.42 Å². The Morgan fingerprint density at radius 2 is 0.977 bits per heavy atom. The van der Waals surface area contributed by atoms with Crippen LogP contribution in [0, 0.1) is 20.8 Å². The first kappa shape index (κ1) is 52.7. The first-order valence-electron chi connectivity index (χ1n) is 14.8.